The number of unbranched alkanes of at least 4 members (excludes halogenated alkanes) is 1. The van der Waals surface area contributed by atoms with Gasteiger partial charge in [-0.05, 0) is 26.2 Å². The number of hydrogen-bond donors (Lipinski definition) is 0. The third-order valence-electron chi connectivity index (χ3n) is 5.51. The maximum absolute atomic E-state index is 12.7. The quantitative estimate of drug-likeness (QED) is 0.409. The lowest BCUT2D eigenvalue weighted by molar-refractivity contribution is -0.144. The Kier molecular flexibility index (Phi) is 6.24. The molecule has 0 bridgehead atoms. The number of benzene rings is 1. The van der Waals surface area contributed by atoms with Gasteiger partial charge in [0.1, 0.15) is 0 Å². The molecule has 2 heterocycles. The largest absolute Gasteiger partial charge is 0.335 e. The van der Waals surface area contributed by atoms with E-state index >= 15 is 0 Å². The van der Waals surface area contributed by atoms with Crippen molar-refractivity contribution in [3.63, 3.8) is 0 Å². The number of aryl methyl sites for hydroxylation is 1. The molecule has 0 unspecified atom stereocenters. The van der Waals surface area contributed by atoms with Crippen LogP contribution in [0.15, 0.2) is 24.3 Å². The summed E-state index contributed by atoms with van der Waals surface area (Å²) in [7, 11) is 0. The highest BCUT2D eigenvalue weighted by atomic mass is 16.2. The molecule has 2 saturated heterocycles. The molecule has 0 aliphatic carbocycles. The van der Waals surface area contributed by atoms with Gasteiger partial charge in [-0.15, -0.1) is 0 Å². The van der Waals surface area contributed by atoms with Crippen LogP contribution in [0, 0.1) is 12.8 Å². The predicted molar refractivity (Wildman–Crippen MR) is 104 cm³/mol. The molecule has 0 N–H and O–H groups in total. The Hall–Kier alpha value is -2.54. The van der Waals surface area contributed by atoms with E-state index in [4.69, 9.17) is 0 Å². The number of amides is 4. The lowest BCUT2D eigenvalue weighted by Crippen LogP contribution is -2.46. The molecule has 2 fully saturated rings. The van der Waals surface area contributed by atoms with E-state index in [9.17, 15) is 19.2 Å². The van der Waals surface area contributed by atoms with Crippen molar-refractivity contribution in [1.29, 1.82) is 0 Å². The van der Waals surface area contributed by atoms with Gasteiger partial charge in [-0.3, -0.25) is 24.2 Å². The highest BCUT2D eigenvalue weighted by Gasteiger charge is 2.44. The first-order valence-corrected chi connectivity index (χ1v) is 9.93. The van der Waals surface area contributed by atoms with Gasteiger partial charge < -0.3 is 0 Å². The molecule has 0 atom stereocenters. The lowest BCUT2D eigenvalue weighted by Gasteiger charge is -2.33. The van der Waals surface area contributed by atoms with Gasteiger partial charge in [0.25, 0.3) is 0 Å². The maximum Gasteiger partial charge on any atom is 0.335 e. The minimum Gasteiger partial charge on any atom is -0.294 e. The first kappa shape index (κ1) is 20.2. The summed E-state index contributed by atoms with van der Waals surface area (Å²) in [5.74, 6) is -1.39. The Labute approximate surface area is 165 Å². The van der Waals surface area contributed by atoms with E-state index in [1.54, 1.807) is 0 Å². The highest BCUT2D eigenvalue weighted by molar-refractivity contribution is 6.44. The van der Waals surface area contributed by atoms with Gasteiger partial charge in [0, 0.05) is 31.1 Å². The molecule has 2 aliphatic rings. The van der Waals surface area contributed by atoms with Gasteiger partial charge in [0.05, 0.1) is 6.67 Å². The normalized spacial score (nSPS) is 19.0. The number of nitrogens with zero attached hydrogens (tertiary/aromatic N) is 3. The standard InChI is InChI=1S/C21H27N3O4/c1-3-4-11-23-19(26)20(27)24(21(23)28)14-22-12-9-17(10-13-22)18(25)16-7-5-15(2)6-8-16/h5-8,17H,3-4,9-14H2,1-2H3. The summed E-state index contributed by atoms with van der Waals surface area (Å²) in [6.45, 7) is 5.57. The predicted octanol–water partition coefficient (Wildman–Crippen LogP) is 2.44. The summed E-state index contributed by atoms with van der Waals surface area (Å²) in [6.07, 6.45) is 2.88. The van der Waals surface area contributed by atoms with Crippen LogP contribution in [-0.4, -0.2) is 64.6 Å². The Balaban J connectivity index is 1.54. The van der Waals surface area contributed by atoms with E-state index in [1.165, 1.54) is 0 Å². The molecule has 0 spiro atoms. The second-order valence-corrected chi connectivity index (χ2v) is 7.59. The van der Waals surface area contributed by atoms with Gasteiger partial charge >= 0.3 is 17.8 Å². The Bertz CT molecular complexity index is 766. The Morgan fingerprint density at radius 3 is 2.21 bits per heavy atom. The molecule has 0 radical (unpaired) electrons. The molecule has 28 heavy (non-hydrogen) atoms. The van der Waals surface area contributed by atoms with Crippen molar-refractivity contribution in [2.24, 2.45) is 5.92 Å². The average molecular weight is 385 g/mol. The van der Waals surface area contributed by atoms with Gasteiger partial charge in [-0.1, -0.05) is 43.2 Å². The second kappa shape index (κ2) is 8.65. The number of urea groups is 1. The SMILES string of the molecule is CCCCN1C(=O)C(=O)N(CN2CCC(C(=O)c3ccc(C)cc3)CC2)C1=O. The number of carbonyl (C=O) groups is 4. The van der Waals surface area contributed by atoms with Crippen molar-refractivity contribution >= 4 is 23.6 Å². The molecule has 3 rings (SSSR count). The number of piperidine rings is 1. The molecular formula is C21H27N3O4. The summed E-state index contributed by atoms with van der Waals surface area (Å²) < 4.78 is 0. The number of Topliss-reactive ketones (excluding diaryl/α,β-unsaturated/α-hetero) is 1. The van der Waals surface area contributed by atoms with Crippen LogP contribution >= 0.6 is 0 Å². The fourth-order valence-electron chi connectivity index (χ4n) is 3.68. The molecule has 1 aromatic rings. The van der Waals surface area contributed by atoms with Crippen molar-refractivity contribution in [1.82, 2.24) is 14.7 Å². The molecule has 2 aliphatic heterocycles. The first-order chi connectivity index (χ1) is 13.4. The van der Waals surface area contributed by atoms with Gasteiger partial charge in [-0.25, -0.2) is 9.69 Å². The number of carbonyl (C=O) groups excluding carboxylic acids is 4. The van der Waals surface area contributed by atoms with E-state index in [0.29, 0.717) is 32.4 Å². The summed E-state index contributed by atoms with van der Waals surface area (Å²) >= 11 is 0. The zero-order valence-electron chi connectivity index (χ0n) is 16.5. The van der Waals surface area contributed by atoms with Crippen LogP contribution in [0.5, 0.6) is 0 Å². The number of ketones is 1. The van der Waals surface area contributed by atoms with Crippen LogP contribution in [0.2, 0.25) is 0 Å². The van der Waals surface area contributed by atoms with Gasteiger partial charge in [0.2, 0.25) is 0 Å². The van der Waals surface area contributed by atoms with Crippen LogP contribution in [0.3, 0.4) is 0 Å². The van der Waals surface area contributed by atoms with Crippen molar-refractivity contribution in [2.75, 3.05) is 26.3 Å². The van der Waals surface area contributed by atoms with Gasteiger partial charge in [-0.2, -0.15) is 0 Å². The third kappa shape index (κ3) is 4.14. The van der Waals surface area contributed by atoms with Crippen molar-refractivity contribution in [2.45, 2.75) is 39.5 Å². The lowest BCUT2D eigenvalue weighted by atomic mass is 9.89. The van der Waals surface area contributed by atoms with Crippen molar-refractivity contribution in [3.8, 4) is 0 Å². The summed E-state index contributed by atoms with van der Waals surface area (Å²) in [6, 6.07) is 7.08. The van der Waals surface area contributed by atoms with Crippen LogP contribution in [-0.2, 0) is 9.59 Å². The fourth-order valence-corrected chi connectivity index (χ4v) is 3.68. The zero-order chi connectivity index (χ0) is 20.3. The fraction of sp³-hybridized carbons (Fsp3) is 0.524. The van der Waals surface area contributed by atoms with Gasteiger partial charge in [0.15, 0.2) is 5.78 Å². The summed E-state index contributed by atoms with van der Waals surface area (Å²) in [4.78, 5) is 53.3. The Morgan fingerprint density at radius 2 is 1.61 bits per heavy atom. The van der Waals surface area contributed by atoms with Crippen LogP contribution < -0.4 is 0 Å². The van der Waals surface area contributed by atoms with Crippen LogP contribution in [0.1, 0.15) is 48.5 Å². The molecule has 7 nitrogen and oxygen atoms in total. The smallest absolute Gasteiger partial charge is 0.294 e. The molecule has 7 heteroatoms. The minimum atomic E-state index is -0.751. The van der Waals surface area contributed by atoms with E-state index in [0.717, 1.165) is 27.3 Å². The molecule has 1 aromatic carbocycles. The minimum absolute atomic E-state index is 0.0494. The van der Waals surface area contributed by atoms with Crippen LogP contribution in [0.4, 0.5) is 4.79 Å². The summed E-state index contributed by atoms with van der Waals surface area (Å²) in [5.41, 5.74) is 1.85. The molecule has 150 valence electrons. The van der Waals surface area contributed by atoms with Crippen molar-refractivity contribution in [3.05, 3.63) is 35.4 Å². The number of likely N-dealkylation sites (tertiary alicyclic amines) is 1. The van der Waals surface area contributed by atoms with Crippen molar-refractivity contribution < 1.29 is 19.2 Å². The third-order valence-corrected chi connectivity index (χ3v) is 5.51. The van der Waals surface area contributed by atoms with Crippen LogP contribution in [0.25, 0.3) is 0 Å². The number of imide groups is 2. The zero-order valence-corrected chi connectivity index (χ0v) is 16.5. The van der Waals surface area contributed by atoms with E-state index in [1.807, 2.05) is 43.0 Å². The Morgan fingerprint density at radius 1 is 1.00 bits per heavy atom. The molecule has 0 saturated carbocycles. The monoisotopic (exact) mass is 385 g/mol. The highest BCUT2D eigenvalue weighted by Crippen LogP contribution is 2.23. The van der Waals surface area contributed by atoms with E-state index in [2.05, 4.69) is 0 Å². The first-order valence-electron chi connectivity index (χ1n) is 9.93. The maximum atomic E-state index is 12.7. The molecule has 4 amide bonds. The van der Waals surface area contributed by atoms with E-state index < -0.39 is 17.8 Å². The topological polar surface area (TPSA) is 78.0 Å². The summed E-state index contributed by atoms with van der Waals surface area (Å²) in [5, 5.41) is 0. The second-order valence-electron chi connectivity index (χ2n) is 7.59. The van der Waals surface area contributed by atoms with E-state index in [-0.39, 0.29) is 24.9 Å². The number of rotatable bonds is 7. The average Bonchev–Trinajstić information content (AvgIpc) is 2.90. The molecular weight excluding hydrogens is 358 g/mol. The molecule has 0 aromatic heterocycles. The number of hydrogen-bond acceptors (Lipinski definition) is 5.